The van der Waals surface area contributed by atoms with Crippen LogP contribution < -0.4 is 10.6 Å². The van der Waals surface area contributed by atoms with Gasteiger partial charge >= 0.3 is 6.18 Å². The van der Waals surface area contributed by atoms with Crippen LogP contribution in [0.1, 0.15) is 43.2 Å². The molecule has 0 radical (unpaired) electrons. The first-order valence-corrected chi connectivity index (χ1v) is 7.56. The molecule has 2 rings (SSSR count). The minimum atomic E-state index is -4.45. The van der Waals surface area contributed by atoms with Gasteiger partial charge in [0, 0.05) is 24.3 Å². The van der Waals surface area contributed by atoms with Crippen molar-refractivity contribution in [3.05, 3.63) is 29.3 Å². The Balaban J connectivity index is 2.34. The largest absolute Gasteiger partial charge is 0.417 e. The summed E-state index contributed by atoms with van der Waals surface area (Å²) in [6, 6.07) is 4.25. The Kier molecular flexibility index (Phi) is 5.08. The lowest BCUT2D eigenvalue weighted by atomic mass is 10.0. The van der Waals surface area contributed by atoms with E-state index in [0.29, 0.717) is 5.69 Å². The maximum atomic E-state index is 13.2. The SMILES string of the molecule is NC(=S)c1ccc(N2CCCCCCC2)cc1C(F)(F)F. The number of nitrogens with two attached hydrogens (primary N) is 1. The van der Waals surface area contributed by atoms with Crippen LogP contribution in [-0.2, 0) is 6.18 Å². The molecule has 1 aliphatic rings. The van der Waals surface area contributed by atoms with E-state index in [4.69, 9.17) is 18.0 Å². The van der Waals surface area contributed by atoms with Gasteiger partial charge in [0.1, 0.15) is 4.99 Å². The summed E-state index contributed by atoms with van der Waals surface area (Å²) in [6.07, 6.45) is 1.05. The lowest BCUT2D eigenvalue weighted by Gasteiger charge is -2.28. The molecule has 21 heavy (non-hydrogen) atoms. The van der Waals surface area contributed by atoms with Gasteiger partial charge in [-0.05, 0) is 31.0 Å². The monoisotopic (exact) mass is 316 g/mol. The standard InChI is InChI=1S/C15H19F3N2S/c16-15(17,18)13-10-11(6-7-12(13)14(19)21)20-8-4-2-1-3-5-9-20/h6-7,10H,1-5,8-9H2,(H2,19,21). The number of hydrogen-bond acceptors (Lipinski definition) is 2. The second-order valence-corrected chi connectivity index (χ2v) is 5.79. The van der Waals surface area contributed by atoms with E-state index in [1.165, 1.54) is 18.6 Å². The van der Waals surface area contributed by atoms with Crippen molar-refractivity contribution in [3.63, 3.8) is 0 Å². The minimum Gasteiger partial charge on any atom is -0.389 e. The Morgan fingerprint density at radius 2 is 1.62 bits per heavy atom. The van der Waals surface area contributed by atoms with Crippen molar-refractivity contribution in [2.24, 2.45) is 5.73 Å². The van der Waals surface area contributed by atoms with Gasteiger partial charge in [0.15, 0.2) is 0 Å². The number of rotatable bonds is 2. The van der Waals surface area contributed by atoms with Crippen LogP contribution in [0, 0.1) is 0 Å². The molecule has 0 aromatic heterocycles. The quantitative estimate of drug-likeness (QED) is 0.833. The van der Waals surface area contributed by atoms with E-state index < -0.39 is 11.7 Å². The third-order valence-corrected chi connectivity index (χ3v) is 4.02. The third kappa shape index (κ3) is 4.09. The summed E-state index contributed by atoms with van der Waals surface area (Å²) in [5.74, 6) is 0. The number of hydrogen-bond donors (Lipinski definition) is 1. The molecule has 6 heteroatoms. The summed E-state index contributed by atoms with van der Waals surface area (Å²) in [7, 11) is 0. The van der Waals surface area contributed by atoms with Gasteiger partial charge in [-0.25, -0.2) is 0 Å². The number of nitrogens with zero attached hydrogens (tertiary/aromatic N) is 1. The van der Waals surface area contributed by atoms with Crippen molar-refractivity contribution in [1.29, 1.82) is 0 Å². The van der Waals surface area contributed by atoms with Gasteiger partial charge in [0.25, 0.3) is 0 Å². The summed E-state index contributed by atoms with van der Waals surface area (Å²) < 4.78 is 39.5. The van der Waals surface area contributed by atoms with Crippen LogP contribution in [0.3, 0.4) is 0 Å². The molecule has 0 spiro atoms. The van der Waals surface area contributed by atoms with Gasteiger partial charge in [-0.2, -0.15) is 13.2 Å². The molecule has 1 aromatic rings. The van der Waals surface area contributed by atoms with Crippen LogP contribution in [0.5, 0.6) is 0 Å². The van der Waals surface area contributed by atoms with Gasteiger partial charge in [-0.15, -0.1) is 0 Å². The molecule has 0 bridgehead atoms. The van der Waals surface area contributed by atoms with Crippen LogP contribution in [-0.4, -0.2) is 18.1 Å². The van der Waals surface area contributed by atoms with E-state index >= 15 is 0 Å². The molecule has 0 amide bonds. The number of alkyl halides is 3. The maximum Gasteiger partial charge on any atom is 0.417 e. The van der Waals surface area contributed by atoms with Crippen LogP contribution in [0.4, 0.5) is 18.9 Å². The third-order valence-electron chi connectivity index (χ3n) is 3.80. The Morgan fingerprint density at radius 1 is 1.05 bits per heavy atom. The van der Waals surface area contributed by atoms with Crippen molar-refractivity contribution < 1.29 is 13.2 Å². The van der Waals surface area contributed by atoms with E-state index in [2.05, 4.69) is 0 Å². The lowest BCUT2D eigenvalue weighted by molar-refractivity contribution is -0.137. The first kappa shape index (κ1) is 16.1. The van der Waals surface area contributed by atoms with Crippen LogP contribution in [0.2, 0.25) is 0 Å². The number of anilines is 1. The van der Waals surface area contributed by atoms with Gasteiger partial charge in [-0.3, -0.25) is 0 Å². The summed E-state index contributed by atoms with van der Waals surface area (Å²) in [5.41, 5.74) is 5.16. The Labute approximate surface area is 128 Å². The zero-order valence-electron chi connectivity index (χ0n) is 11.7. The van der Waals surface area contributed by atoms with Gasteiger partial charge in [0.2, 0.25) is 0 Å². The van der Waals surface area contributed by atoms with E-state index in [9.17, 15) is 13.2 Å². The maximum absolute atomic E-state index is 13.2. The first-order chi connectivity index (χ1) is 9.89. The summed E-state index contributed by atoms with van der Waals surface area (Å²) in [6.45, 7) is 1.59. The Bertz CT molecular complexity index is 506. The molecule has 116 valence electrons. The second kappa shape index (κ2) is 6.64. The zero-order valence-corrected chi connectivity index (χ0v) is 12.6. The smallest absolute Gasteiger partial charge is 0.389 e. The van der Waals surface area contributed by atoms with Crippen molar-refractivity contribution in [3.8, 4) is 0 Å². The fourth-order valence-electron chi connectivity index (χ4n) is 2.68. The Morgan fingerprint density at radius 3 is 2.14 bits per heavy atom. The van der Waals surface area contributed by atoms with Crippen molar-refractivity contribution in [2.75, 3.05) is 18.0 Å². The predicted molar refractivity (Wildman–Crippen MR) is 82.6 cm³/mol. The molecule has 1 fully saturated rings. The highest BCUT2D eigenvalue weighted by Crippen LogP contribution is 2.35. The molecule has 1 aromatic carbocycles. The Hall–Kier alpha value is -1.30. The fraction of sp³-hybridized carbons (Fsp3) is 0.533. The lowest BCUT2D eigenvalue weighted by Crippen LogP contribution is -2.28. The van der Waals surface area contributed by atoms with E-state index in [1.807, 2.05) is 4.90 Å². The fourth-order valence-corrected chi connectivity index (χ4v) is 2.86. The van der Waals surface area contributed by atoms with E-state index in [1.54, 1.807) is 6.07 Å². The van der Waals surface area contributed by atoms with Crippen molar-refractivity contribution >= 4 is 22.9 Å². The molecule has 1 saturated heterocycles. The highest BCUT2D eigenvalue weighted by molar-refractivity contribution is 7.80. The summed E-state index contributed by atoms with van der Waals surface area (Å²) >= 11 is 4.72. The van der Waals surface area contributed by atoms with Crippen molar-refractivity contribution in [2.45, 2.75) is 38.3 Å². The highest BCUT2D eigenvalue weighted by atomic mass is 32.1. The first-order valence-electron chi connectivity index (χ1n) is 7.15. The topological polar surface area (TPSA) is 29.3 Å². The number of halogens is 3. The average molecular weight is 316 g/mol. The molecule has 0 atom stereocenters. The molecule has 0 aliphatic carbocycles. The average Bonchev–Trinajstić information content (AvgIpc) is 2.36. The van der Waals surface area contributed by atoms with Crippen molar-refractivity contribution in [1.82, 2.24) is 0 Å². The van der Waals surface area contributed by atoms with Gasteiger partial charge in [-0.1, -0.05) is 31.5 Å². The minimum absolute atomic E-state index is 0.103. The number of benzene rings is 1. The van der Waals surface area contributed by atoms with Crippen LogP contribution in [0.15, 0.2) is 18.2 Å². The molecular formula is C15H19F3N2S. The molecule has 1 aliphatic heterocycles. The van der Waals surface area contributed by atoms with E-state index in [-0.39, 0.29) is 10.6 Å². The van der Waals surface area contributed by atoms with Gasteiger partial charge in [0.05, 0.1) is 5.56 Å². The van der Waals surface area contributed by atoms with E-state index in [0.717, 1.165) is 38.8 Å². The second-order valence-electron chi connectivity index (χ2n) is 5.35. The molecular weight excluding hydrogens is 297 g/mol. The predicted octanol–water partition coefficient (Wildman–Crippen LogP) is 4.11. The molecule has 0 unspecified atom stereocenters. The summed E-state index contributed by atoms with van der Waals surface area (Å²) in [5, 5.41) is 0. The molecule has 0 saturated carbocycles. The number of thiocarbonyl (C=S) groups is 1. The molecule has 2 N–H and O–H groups in total. The molecule has 2 nitrogen and oxygen atoms in total. The zero-order chi connectivity index (χ0) is 15.5. The molecule has 1 heterocycles. The van der Waals surface area contributed by atoms with Crippen LogP contribution >= 0.6 is 12.2 Å². The normalized spacial score (nSPS) is 17.2. The summed E-state index contributed by atoms with van der Waals surface area (Å²) in [4.78, 5) is 1.80. The highest BCUT2D eigenvalue weighted by Gasteiger charge is 2.34. The van der Waals surface area contributed by atoms with Crippen LogP contribution in [0.25, 0.3) is 0 Å². The van der Waals surface area contributed by atoms with Gasteiger partial charge < -0.3 is 10.6 Å².